The summed E-state index contributed by atoms with van der Waals surface area (Å²) in [6.45, 7) is 5.53. The highest BCUT2D eigenvalue weighted by molar-refractivity contribution is 5.93. The molecule has 6 nitrogen and oxygen atoms in total. The molecule has 0 unspecified atom stereocenters. The van der Waals surface area contributed by atoms with Gasteiger partial charge in [0.25, 0.3) is 5.91 Å². The van der Waals surface area contributed by atoms with Gasteiger partial charge >= 0.3 is 0 Å². The Hall–Kier alpha value is -2.63. The molecule has 0 N–H and O–H groups in total. The van der Waals surface area contributed by atoms with E-state index in [-0.39, 0.29) is 5.91 Å². The van der Waals surface area contributed by atoms with E-state index in [0.717, 1.165) is 36.4 Å². The molecule has 1 saturated heterocycles. The third-order valence-corrected chi connectivity index (χ3v) is 4.77. The predicted octanol–water partition coefficient (Wildman–Crippen LogP) is 2.62. The second kappa shape index (κ2) is 5.78. The number of aromatic nitrogens is 4. The van der Waals surface area contributed by atoms with Crippen molar-refractivity contribution in [2.24, 2.45) is 0 Å². The number of hydrogen-bond donors (Lipinski definition) is 0. The number of carbonyl (C=O) groups is 1. The molecule has 4 rings (SSSR count). The number of nitrogens with zero attached hydrogens (tertiary/aromatic N) is 5. The van der Waals surface area contributed by atoms with Gasteiger partial charge in [0.1, 0.15) is 17.2 Å². The molecule has 0 bridgehead atoms. The minimum absolute atomic E-state index is 0.0128. The highest BCUT2D eigenvalue weighted by Gasteiger charge is 2.27. The molecule has 3 aromatic heterocycles. The van der Waals surface area contributed by atoms with Gasteiger partial charge in [-0.3, -0.25) is 4.79 Å². The van der Waals surface area contributed by atoms with E-state index in [2.05, 4.69) is 14.5 Å². The second-order valence-corrected chi connectivity index (χ2v) is 6.52. The van der Waals surface area contributed by atoms with Crippen molar-refractivity contribution >= 4 is 11.6 Å². The van der Waals surface area contributed by atoms with Gasteiger partial charge in [0.15, 0.2) is 0 Å². The molecule has 1 atom stereocenters. The molecule has 24 heavy (non-hydrogen) atoms. The van der Waals surface area contributed by atoms with Crippen LogP contribution in [0.5, 0.6) is 0 Å². The molecule has 0 saturated carbocycles. The van der Waals surface area contributed by atoms with Crippen molar-refractivity contribution in [2.45, 2.75) is 32.7 Å². The van der Waals surface area contributed by atoms with E-state index in [1.54, 1.807) is 0 Å². The summed E-state index contributed by atoms with van der Waals surface area (Å²) in [5.74, 6) is 1.01. The van der Waals surface area contributed by atoms with Crippen LogP contribution in [0, 0.1) is 13.8 Å². The van der Waals surface area contributed by atoms with Crippen LogP contribution in [0.3, 0.4) is 0 Å². The Bertz CT molecular complexity index is 894. The van der Waals surface area contributed by atoms with E-state index < -0.39 is 0 Å². The quantitative estimate of drug-likeness (QED) is 0.728. The zero-order valence-electron chi connectivity index (χ0n) is 14.0. The summed E-state index contributed by atoms with van der Waals surface area (Å²) in [6, 6.07) is 4.30. The molecular formula is C18H21N5O. The fraction of sp³-hybridized carbons (Fsp3) is 0.389. The lowest BCUT2D eigenvalue weighted by Crippen LogP contribution is -2.41. The molecule has 0 spiro atoms. The van der Waals surface area contributed by atoms with E-state index in [1.807, 2.05) is 60.1 Å². The van der Waals surface area contributed by atoms with Crippen LogP contribution < -0.4 is 0 Å². The molecule has 0 aliphatic carbocycles. The number of aryl methyl sites for hydroxylation is 2. The van der Waals surface area contributed by atoms with Crippen molar-refractivity contribution in [1.82, 2.24) is 23.8 Å². The average Bonchev–Trinajstić information content (AvgIpc) is 3.20. The fourth-order valence-corrected chi connectivity index (χ4v) is 3.49. The van der Waals surface area contributed by atoms with Crippen molar-refractivity contribution < 1.29 is 4.79 Å². The standard InChI is InChI=1S/C18H21N5O/c1-13-5-8-21-12-16(20-17(21)10-13)18(24)22-7-3-4-15(11-22)23-9-6-19-14(23)2/h5-6,8-10,12,15H,3-4,7,11H2,1-2H3/t15-/m1/s1. The zero-order chi connectivity index (χ0) is 16.7. The number of piperidine rings is 1. The normalized spacial score (nSPS) is 18.2. The van der Waals surface area contributed by atoms with Crippen molar-refractivity contribution in [2.75, 3.05) is 13.1 Å². The van der Waals surface area contributed by atoms with E-state index in [4.69, 9.17) is 0 Å². The van der Waals surface area contributed by atoms with Crippen molar-refractivity contribution in [3.63, 3.8) is 0 Å². The lowest BCUT2D eigenvalue weighted by molar-refractivity contribution is 0.0673. The molecule has 1 fully saturated rings. The van der Waals surface area contributed by atoms with Crippen LogP contribution in [0.1, 0.15) is 40.8 Å². The average molecular weight is 323 g/mol. The van der Waals surface area contributed by atoms with Gasteiger partial charge < -0.3 is 13.9 Å². The number of pyridine rings is 1. The van der Waals surface area contributed by atoms with Crippen molar-refractivity contribution in [1.29, 1.82) is 0 Å². The van der Waals surface area contributed by atoms with Gasteiger partial charge in [-0.15, -0.1) is 0 Å². The van der Waals surface area contributed by atoms with Gasteiger partial charge in [-0.25, -0.2) is 9.97 Å². The van der Waals surface area contributed by atoms with Crippen LogP contribution in [0.4, 0.5) is 0 Å². The Morgan fingerprint density at radius 3 is 2.96 bits per heavy atom. The van der Waals surface area contributed by atoms with Crippen LogP contribution in [-0.4, -0.2) is 42.8 Å². The minimum Gasteiger partial charge on any atom is -0.335 e. The summed E-state index contributed by atoms with van der Waals surface area (Å²) in [4.78, 5) is 23.6. The summed E-state index contributed by atoms with van der Waals surface area (Å²) in [5.41, 5.74) is 2.47. The topological polar surface area (TPSA) is 55.4 Å². The summed E-state index contributed by atoms with van der Waals surface area (Å²) in [6.07, 6.45) is 9.67. The second-order valence-electron chi connectivity index (χ2n) is 6.52. The van der Waals surface area contributed by atoms with Crippen LogP contribution in [0.25, 0.3) is 5.65 Å². The predicted molar refractivity (Wildman–Crippen MR) is 91.1 cm³/mol. The first kappa shape index (κ1) is 14.9. The Kier molecular flexibility index (Phi) is 3.59. The van der Waals surface area contributed by atoms with Gasteiger partial charge in [0.2, 0.25) is 0 Å². The largest absolute Gasteiger partial charge is 0.335 e. The zero-order valence-corrected chi connectivity index (χ0v) is 14.0. The summed E-state index contributed by atoms with van der Waals surface area (Å²) >= 11 is 0. The first-order valence-electron chi connectivity index (χ1n) is 8.36. The Morgan fingerprint density at radius 2 is 2.17 bits per heavy atom. The SMILES string of the molecule is Cc1ccn2cc(C(=O)N3CCC[C@@H](n4ccnc4C)C3)nc2c1. The maximum absolute atomic E-state index is 12.9. The number of likely N-dealkylation sites (tertiary alicyclic amines) is 1. The van der Waals surface area contributed by atoms with Gasteiger partial charge in [-0.2, -0.15) is 0 Å². The summed E-state index contributed by atoms with van der Waals surface area (Å²) in [7, 11) is 0. The Balaban J connectivity index is 1.57. The van der Waals surface area contributed by atoms with Gasteiger partial charge in [0, 0.05) is 37.9 Å². The fourth-order valence-electron chi connectivity index (χ4n) is 3.49. The van der Waals surface area contributed by atoms with Gasteiger partial charge in [-0.1, -0.05) is 0 Å². The van der Waals surface area contributed by atoms with Crippen molar-refractivity contribution in [3.05, 3.63) is 54.0 Å². The van der Waals surface area contributed by atoms with Crippen LogP contribution in [-0.2, 0) is 0 Å². The maximum atomic E-state index is 12.9. The first-order valence-corrected chi connectivity index (χ1v) is 8.36. The van der Waals surface area contributed by atoms with E-state index in [0.29, 0.717) is 18.3 Å². The number of hydrogen-bond acceptors (Lipinski definition) is 3. The van der Waals surface area contributed by atoms with E-state index >= 15 is 0 Å². The maximum Gasteiger partial charge on any atom is 0.274 e. The molecule has 0 aromatic carbocycles. The minimum atomic E-state index is 0.0128. The highest BCUT2D eigenvalue weighted by atomic mass is 16.2. The molecule has 3 aromatic rings. The van der Waals surface area contributed by atoms with E-state index in [9.17, 15) is 4.79 Å². The molecule has 1 aliphatic rings. The molecular weight excluding hydrogens is 302 g/mol. The molecule has 4 heterocycles. The lowest BCUT2D eigenvalue weighted by atomic mass is 10.1. The van der Waals surface area contributed by atoms with E-state index in [1.165, 1.54) is 0 Å². The number of rotatable bonds is 2. The molecule has 0 radical (unpaired) electrons. The number of imidazole rings is 2. The molecule has 124 valence electrons. The monoisotopic (exact) mass is 323 g/mol. The van der Waals surface area contributed by atoms with Crippen LogP contribution in [0.15, 0.2) is 36.9 Å². The first-order chi connectivity index (χ1) is 11.6. The Morgan fingerprint density at radius 1 is 1.29 bits per heavy atom. The van der Waals surface area contributed by atoms with Crippen molar-refractivity contribution in [3.8, 4) is 0 Å². The molecule has 6 heteroatoms. The summed E-state index contributed by atoms with van der Waals surface area (Å²) in [5, 5.41) is 0. The number of fused-ring (bicyclic) bond motifs is 1. The van der Waals surface area contributed by atoms with Gasteiger partial charge in [-0.05, 0) is 44.4 Å². The Labute approximate surface area is 140 Å². The number of carbonyl (C=O) groups excluding carboxylic acids is 1. The smallest absolute Gasteiger partial charge is 0.274 e. The van der Waals surface area contributed by atoms with Crippen LogP contribution in [0.2, 0.25) is 0 Å². The van der Waals surface area contributed by atoms with Crippen LogP contribution >= 0.6 is 0 Å². The van der Waals surface area contributed by atoms with Gasteiger partial charge in [0.05, 0.1) is 6.04 Å². The summed E-state index contributed by atoms with van der Waals surface area (Å²) < 4.78 is 4.08. The lowest BCUT2D eigenvalue weighted by Gasteiger charge is -2.33. The number of amides is 1. The third-order valence-electron chi connectivity index (χ3n) is 4.77. The molecule has 1 aliphatic heterocycles. The third kappa shape index (κ3) is 2.58. The molecule has 1 amide bonds. The highest BCUT2D eigenvalue weighted by Crippen LogP contribution is 2.24.